The molecular formula is C18H28N2. The number of hydrogen-bond donors (Lipinski definition) is 0. The zero-order chi connectivity index (χ0) is 13.7. The smallest absolute Gasteiger partial charge is 0.0729 e. The van der Waals surface area contributed by atoms with Gasteiger partial charge < -0.3 is 0 Å². The average Bonchev–Trinajstić information content (AvgIpc) is 2.47. The van der Waals surface area contributed by atoms with E-state index in [0.29, 0.717) is 12.1 Å². The lowest BCUT2D eigenvalue weighted by Crippen LogP contribution is -2.46. The fraction of sp³-hybridized carbons (Fsp3) is 0.889. The van der Waals surface area contributed by atoms with Crippen molar-refractivity contribution in [1.29, 1.82) is 0 Å². The van der Waals surface area contributed by atoms with Gasteiger partial charge in [0.05, 0.1) is 23.5 Å². The van der Waals surface area contributed by atoms with Crippen LogP contribution in [-0.4, -0.2) is 23.5 Å². The quantitative estimate of drug-likeness (QED) is 0.628. The summed E-state index contributed by atoms with van der Waals surface area (Å²) >= 11 is 0. The Hall–Kier alpha value is -0.660. The van der Waals surface area contributed by atoms with Gasteiger partial charge in [0.1, 0.15) is 0 Å². The van der Waals surface area contributed by atoms with Crippen LogP contribution in [0.2, 0.25) is 0 Å². The van der Waals surface area contributed by atoms with Gasteiger partial charge in [0.25, 0.3) is 0 Å². The van der Waals surface area contributed by atoms with Gasteiger partial charge >= 0.3 is 0 Å². The lowest BCUT2D eigenvalue weighted by Gasteiger charge is -2.43. The predicted octanol–water partition coefficient (Wildman–Crippen LogP) is 4.29. The summed E-state index contributed by atoms with van der Waals surface area (Å²) in [6.45, 7) is 4.81. The minimum atomic E-state index is 0.514. The van der Waals surface area contributed by atoms with E-state index < -0.39 is 0 Å². The van der Waals surface area contributed by atoms with E-state index in [9.17, 15) is 0 Å². The molecule has 110 valence electrons. The first-order chi connectivity index (χ1) is 9.72. The Bertz CT molecular complexity index is 450. The van der Waals surface area contributed by atoms with Gasteiger partial charge in [-0.1, -0.05) is 26.7 Å². The Morgan fingerprint density at radius 2 is 1.55 bits per heavy atom. The Balaban J connectivity index is 1.62. The highest BCUT2D eigenvalue weighted by molar-refractivity contribution is 6.44. The van der Waals surface area contributed by atoms with Crippen molar-refractivity contribution in [2.75, 3.05) is 0 Å². The summed E-state index contributed by atoms with van der Waals surface area (Å²) in [5.41, 5.74) is 2.88. The van der Waals surface area contributed by atoms with Gasteiger partial charge in [-0.3, -0.25) is 9.98 Å². The Morgan fingerprint density at radius 1 is 0.850 bits per heavy atom. The molecule has 0 bridgehead atoms. The third-order valence-corrected chi connectivity index (χ3v) is 6.58. The molecule has 0 saturated heterocycles. The van der Waals surface area contributed by atoms with Crippen molar-refractivity contribution in [2.45, 2.75) is 77.3 Å². The summed E-state index contributed by atoms with van der Waals surface area (Å²) < 4.78 is 0. The highest BCUT2D eigenvalue weighted by Crippen LogP contribution is 2.42. The molecule has 0 aromatic rings. The summed E-state index contributed by atoms with van der Waals surface area (Å²) in [5, 5.41) is 0. The van der Waals surface area contributed by atoms with Gasteiger partial charge in [0.2, 0.25) is 0 Å². The maximum absolute atomic E-state index is 5.28. The van der Waals surface area contributed by atoms with E-state index in [4.69, 9.17) is 9.98 Å². The van der Waals surface area contributed by atoms with Gasteiger partial charge in [-0.25, -0.2) is 0 Å². The first kappa shape index (κ1) is 13.0. The molecule has 3 aliphatic carbocycles. The number of nitrogens with zero attached hydrogens (tertiary/aromatic N) is 2. The Morgan fingerprint density at radius 3 is 2.35 bits per heavy atom. The molecule has 0 spiro atoms. The van der Waals surface area contributed by atoms with Crippen LogP contribution >= 0.6 is 0 Å². The van der Waals surface area contributed by atoms with Gasteiger partial charge in [0, 0.05) is 5.92 Å². The van der Waals surface area contributed by atoms with Gasteiger partial charge in [-0.15, -0.1) is 0 Å². The molecule has 1 heterocycles. The summed E-state index contributed by atoms with van der Waals surface area (Å²) in [6, 6.07) is 1.03. The van der Waals surface area contributed by atoms with Gasteiger partial charge in [-0.05, 0) is 56.3 Å². The van der Waals surface area contributed by atoms with Crippen molar-refractivity contribution >= 4 is 11.4 Å². The van der Waals surface area contributed by atoms with Crippen molar-refractivity contribution in [3.05, 3.63) is 0 Å². The maximum Gasteiger partial charge on any atom is 0.0729 e. The molecule has 4 aliphatic rings. The van der Waals surface area contributed by atoms with E-state index in [1.54, 1.807) is 0 Å². The number of aliphatic imine (C=N–C) groups is 2. The minimum absolute atomic E-state index is 0.514. The van der Waals surface area contributed by atoms with E-state index in [2.05, 4.69) is 13.8 Å². The number of rotatable bonds is 0. The topological polar surface area (TPSA) is 24.7 Å². The van der Waals surface area contributed by atoms with Crippen LogP contribution in [0, 0.1) is 23.7 Å². The average molecular weight is 272 g/mol. The monoisotopic (exact) mass is 272 g/mol. The van der Waals surface area contributed by atoms with Crippen LogP contribution in [0.25, 0.3) is 0 Å². The van der Waals surface area contributed by atoms with Gasteiger partial charge in [-0.2, -0.15) is 0 Å². The normalized spacial score (nSPS) is 47.5. The van der Waals surface area contributed by atoms with Crippen LogP contribution in [0.15, 0.2) is 9.98 Å². The molecule has 6 unspecified atom stereocenters. The fourth-order valence-electron chi connectivity index (χ4n) is 5.08. The highest BCUT2D eigenvalue weighted by Gasteiger charge is 2.41. The molecule has 20 heavy (non-hydrogen) atoms. The number of fused-ring (bicyclic) bond motifs is 4. The molecule has 3 saturated carbocycles. The third-order valence-electron chi connectivity index (χ3n) is 6.58. The SMILES string of the molecule is CC1CC2N=C3CCC4CCCCC4C3=NC2CC1C. The van der Waals surface area contributed by atoms with Crippen LogP contribution in [0.4, 0.5) is 0 Å². The molecule has 2 heteroatoms. The lowest BCUT2D eigenvalue weighted by molar-refractivity contribution is 0.220. The summed E-state index contributed by atoms with van der Waals surface area (Å²) in [5.74, 6) is 3.34. The predicted molar refractivity (Wildman–Crippen MR) is 84.7 cm³/mol. The minimum Gasteiger partial charge on any atom is -0.282 e. The molecule has 0 N–H and O–H groups in total. The van der Waals surface area contributed by atoms with Crippen LogP contribution in [0.1, 0.15) is 65.2 Å². The van der Waals surface area contributed by atoms with Crippen molar-refractivity contribution in [1.82, 2.24) is 0 Å². The van der Waals surface area contributed by atoms with E-state index in [1.165, 1.54) is 62.8 Å². The fourth-order valence-corrected chi connectivity index (χ4v) is 5.08. The molecule has 4 rings (SSSR count). The second-order valence-corrected chi connectivity index (χ2v) is 7.84. The molecule has 2 nitrogen and oxygen atoms in total. The van der Waals surface area contributed by atoms with E-state index >= 15 is 0 Å². The van der Waals surface area contributed by atoms with Crippen LogP contribution in [-0.2, 0) is 0 Å². The second kappa shape index (κ2) is 4.96. The molecule has 0 radical (unpaired) electrons. The van der Waals surface area contributed by atoms with Crippen molar-refractivity contribution < 1.29 is 0 Å². The van der Waals surface area contributed by atoms with E-state index in [0.717, 1.165) is 23.7 Å². The highest BCUT2D eigenvalue weighted by atomic mass is 15.0. The third kappa shape index (κ3) is 2.07. The first-order valence-electron chi connectivity index (χ1n) is 8.87. The van der Waals surface area contributed by atoms with Gasteiger partial charge in [0.15, 0.2) is 0 Å². The van der Waals surface area contributed by atoms with Crippen molar-refractivity contribution in [3.63, 3.8) is 0 Å². The molecule has 0 amide bonds. The molecule has 0 aromatic heterocycles. The van der Waals surface area contributed by atoms with Crippen LogP contribution in [0.3, 0.4) is 0 Å². The number of hydrogen-bond acceptors (Lipinski definition) is 2. The zero-order valence-electron chi connectivity index (χ0n) is 13.0. The van der Waals surface area contributed by atoms with Crippen molar-refractivity contribution in [3.8, 4) is 0 Å². The summed E-state index contributed by atoms with van der Waals surface area (Å²) in [4.78, 5) is 10.5. The lowest BCUT2D eigenvalue weighted by atomic mass is 9.68. The van der Waals surface area contributed by atoms with Crippen molar-refractivity contribution in [2.24, 2.45) is 33.7 Å². The zero-order valence-corrected chi connectivity index (χ0v) is 13.0. The van der Waals surface area contributed by atoms with E-state index in [1.807, 2.05) is 0 Å². The standard InChI is InChI=1S/C18H28N2/c1-11-9-16-17(10-12(11)2)20-18-14-6-4-3-5-13(14)7-8-15(18)19-16/h11-14,16-17H,3-10H2,1-2H3. The Labute approximate surface area is 123 Å². The maximum atomic E-state index is 5.28. The first-order valence-corrected chi connectivity index (χ1v) is 8.87. The van der Waals surface area contributed by atoms with Crippen LogP contribution < -0.4 is 0 Å². The molecule has 3 fully saturated rings. The molecular weight excluding hydrogens is 244 g/mol. The second-order valence-electron chi connectivity index (χ2n) is 7.84. The molecule has 6 atom stereocenters. The largest absolute Gasteiger partial charge is 0.282 e. The van der Waals surface area contributed by atoms with E-state index in [-0.39, 0.29) is 0 Å². The molecule has 1 aliphatic heterocycles. The summed E-state index contributed by atoms with van der Waals surface area (Å²) in [7, 11) is 0. The van der Waals surface area contributed by atoms with Crippen LogP contribution in [0.5, 0.6) is 0 Å². The Kier molecular flexibility index (Phi) is 3.23. The summed E-state index contributed by atoms with van der Waals surface area (Å²) in [6.07, 6.45) is 10.8. The molecule has 0 aromatic carbocycles.